The molecule has 7 nitrogen and oxygen atoms in total. The van der Waals surface area contributed by atoms with Crippen LogP contribution in [0, 0.1) is 19.8 Å². The first kappa shape index (κ1) is 29.5. The smallest absolute Gasteiger partial charge is 0.408 e. The predicted molar refractivity (Wildman–Crippen MR) is 137 cm³/mol. The van der Waals surface area contributed by atoms with Gasteiger partial charge in [0, 0.05) is 13.1 Å². The minimum absolute atomic E-state index is 0.0136. The number of benzene rings is 1. The summed E-state index contributed by atoms with van der Waals surface area (Å²) in [5.41, 5.74) is 2.21. The molecule has 0 aromatic heterocycles. The molecule has 0 bridgehead atoms. The van der Waals surface area contributed by atoms with E-state index >= 15 is 0 Å². The molecule has 1 aromatic rings. The van der Waals surface area contributed by atoms with Gasteiger partial charge in [-0.25, -0.2) is 4.79 Å². The molecule has 4 unspecified atom stereocenters. The summed E-state index contributed by atoms with van der Waals surface area (Å²) in [6.07, 6.45) is 1.82. The number of ether oxygens (including phenoxy) is 1. The minimum atomic E-state index is -0.821. The number of hydrogen-bond donors (Lipinski definition) is 2. The van der Waals surface area contributed by atoms with Gasteiger partial charge in [0.25, 0.3) is 0 Å². The predicted octanol–water partition coefficient (Wildman–Crippen LogP) is 5.05. The van der Waals surface area contributed by atoms with Crippen molar-refractivity contribution in [1.82, 2.24) is 15.5 Å². The maximum atomic E-state index is 13.7. The van der Waals surface area contributed by atoms with E-state index in [4.69, 9.17) is 4.74 Å². The number of rotatable bonds is 10. The Balaban J connectivity index is 3.33. The second-order valence-electron chi connectivity index (χ2n) is 10.4. The van der Waals surface area contributed by atoms with Crippen molar-refractivity contribution in [2.75, 3.05) is 7.05 Å². The van der Waals surface area contributed by atoms with Gasteiger partial charge in [0.2, 0.25) is 11.8 Å². The van der Waals surface area contributed by atoms with Crippen molar-refractivity contribution in [1.29, 1.82) is 0 Å². The Morgan fingerprint density at radius 1 is 1.03 bits per heavy atom. The largest absolute Gasteiger partial charge is 0.444 e. The molecule has 7 heteroatoms. The van der Waals surface area contributed by atoms with E-state index in [2.05, 4.69) is 17.6 Å². The highest BCUT2D eigenvalue weighted by Gasteiger charge is 2.36. The number of nitrogens with zero attached hydrogens (tertiary/aromatic N) is 1. The van der Waals surface area contributed by atoms with E-state index in [1.807, 2.05) is 52.8 Å². The maximum Gasteiger partial charge on any atom is 0.408 e. The van der Waals surface area contributed by atoms with Crippen LogP contribution in [0.4, 0.5) is 4.79 Å². The number of carbonyl (C=O) groups is 3. The molecule has 0 heterocycles. The van der Waals surface area contributed by atoms with Crippen molar-refractivity contribution in [3.8, 4) is 0 Å². The Morgan fingerprint density at radius 3 is 2.15 bits per heavy atom. The average Bonchev–Trinajstić information content (AvgIpc) is 2.72. The molecule has 0 saturated carbocycles. The molecule has 2 N–H and O–H groups in total. The Morgan fingerprint density at radius 2 is 1.65 bits per heavy atom. The maximum absolute atomic E-state index is 13.7. The van der Waals surface area contributed by atoms with Gasteiger partial charge in [-0.05, 0) is 70.6 Å². The monoisotopic (exact) mass is 475 g/mol. The molecule has 0 fully saturated rings. The van der Waals surface area contributed by atoms with E-state index < -0.39 is 23.8 Å². The molecule has 0 saturated heterocycles. The normalized spacial score (nSPS) is 15.0. The van der Waals surface area contributed by atoms with Gasteiger partial charge in [0.1, 0.15) is 17.7 Å². The molecule has 4 atom stereocenters. The van der Waals surface area contributed by atoms with Crippen LogP contribution in [0.15, 0.2) is 18.2 Å². The summed E-state index contributed by atoms with van der Waals surface area (Å²) in [6, 6.07) is 4.15. The van der Waals surface area contributed by atoms with E-state index in [0.29, 0.717) is 6.42 Å². The summed E-state index contributed by atoms with van der Waals surface area (Å²) < 4.78 is 5.39. The van der Waals surface area contributed by atoms with Gasteiger partial charge in [0.05, 0.1) is 0 Å². The van der Waals surface area contributed by atoms with Gasteiger partial charge >= 0.3 is 6.09 Å². The summed E-state index contributed by atoms with van der Waals surface area (Å²) in [7, 11) is 1.62. The summed E-state index contributed by atoms with van der Waals surface area (Å²) in [5, 5.41) is 5.81. The summed E-state index contributed by atoms with van der Waals surface area (Å²) in [6.45, 7) is 17.2. The fourth-order valence-electron chi connectivity index (χ4n) is 3.78. The van der Waals surface area contributed by atoms with Crippen molar-refractivity contribution >= 4 is 17.9 Å². The number of amides is 3. The van der Waals surface area contributed by atoms with Gasteiger partial charge in [-0.2, -0.15) is 0 Å². The SMILES string of the molecule is CCCC(C)NC(=O)C(c1ccc(C)c(C)c1)N(C)C(=O)C(NC(=O)OC(C)(C)C)C(C)CC. The quantitative estimate of drug-likeness (QED) is 0.496. The van der Waals surface area contributed by atoms with Crippen molar-refractivity contribution in [2.45, 2.75) is 105 Å². The Kier molecular flexibility index (Phi) is 11.1. The van der Waals surface area contributed by atoms with Crippen LogP contribution < -0.4 is 10.6 Å². The van der Waals surface area contributed by atoms with Gasteiger partial charge in [-0.15, -0.1) is 0 Å². The van der Waals surface area contributed by atoms with E-state index in [1.54, 1.807) is 27.8 Å². The first-order valence-corrected chi connectivity index (χ1v) is 12.3. The molecule has 3 amide bonds. The Bertz CT molecular complexity index is 847. The molecule has 0 spiro atoms. The third kappa shape index (κ3) is 8.65. The zero-order valence-corrected chi connectivity index (χ0v) is 22.7. The second-order valence-corrected chi connectivity index (χ2v) is 10.4. The zero-order chi connectivity index (χ0) is 26.2. The van der Waals surface area contributed by atoms with Gasteiger partial charge in [0.15, 0.2) is 0 Å². The number of hydrogen-bond acceptors (Lipinski definition) is 4. The van der Waals surface area contributed by atoms with Crippen molar-refractivity contribution in [2.24, 2.45) is 5.92 Å². The van der Waals surface area contributed by atoms with Crippen molar-refractivity contribution in [3.05, 3.63) is 34.9 Å². The first-order valence-electron chi connectivity index (χ1n) is 12.3. The molecule has 1 aromatic carbocycles. The lowest BCUT2D eigenvalue weighted by Gasteiger charge is -2.34. The van der Waals surface area contributed by atoms with Gasteiger partial charge < -0.3 is 20.3 Å². The minimum Gasteiger partial charge on any atom is -0.444 e. The summed E-state index contributed by atoms with van der Waals surface area (Å²) in [4.78, 5) is 41.1. The van der Waals surface area contributed by atoms with E-state index in [9.17, 15) is 14.4 Å². The molecule has 34 heavy (non-hydrogen) atoms. The van der Waals surface area contributed by atoms with Crippen LogP contribution in [0.25, 0.3) is 0 Å². The number of aryl methyl sites for hydroxylation is 2. The third-order valence-electron chi connectivity index (χ3n) is 6.09. The molecule has 0 radical (unpaired) electrons. The fraction of sp³-hybridized carbons (Fsp3) is 0.667. The molecule has 0 aliphatic carbocycles. The highest BCUT2D eigenvalue weighted by molar-refractivity contribution is 5.92. The molecular formula is C27H45N3O4. The average molecular weight is 476 g/mol. The van der Waals surface area contributed by atoms with Crippen molar-refractivity contribution in [3.63, 3.8) is 0 Å². The molecule has 1 rings (SSSR count). The van der Waals surface area contributed by atoms with Gasteiger partial charge in [-0.1, -0.05) is 51.8 Å². The van der Waals surface area contributed by atoms with E-state index in [-0.39, 0.29) is 23.8 Å². The Labute approximate surface area is 206 Å². The zero-order valence-electron chi connectivity index (χ0n) is 22.7. The highest BCUT2D eigenvalue weighted by Crippen LogP contribution is 2.25. The van der Waals surface area contributed by atoms with Crippen molar-refractivity contribution < 1.29 is 19.1 Å². The van der Waals surface area contributed by atoms with Gasteiger partial charge in [-0.3, -0.25) is 9.59 Å². The lowest BCUT2D eigenvalue weighted by molar-refractivity contribution is -0.142. The van der Waals surface area contributed by atoms with Crippen LogP contribution in [0.2, 0.25) is 0 Å². The number of alkyl carbamates (subject to hydrolysis) is 1. The Hall–Kier alpha value is -2.57. The number of carbonyl (C=O) groups excluding carboxylic acids is 3. The standard InChI is InChI=1S/C27H45N3O4/c1-11-13-20(6)28-24(31)23(21-15-14-18(4)19(5)16-21)30(10)25(32)22(17(3)12-2)29-26(33)34-27(7,8)9/h14-17,20,22-23H,11-13H2,1-10H3,(H,28,31)(H,29,33). The van der Waals surface area contributed by atoms with E-state index in [1.165, 1.54) is 4.90 Å². The van der Waals surface area contributed by atoms with Crippen LogP contribution in [0.1, 0.15) is 90.5 Å². The fourth-order valence-corrected chi connectivity index (χ4v) is 3.78. The number of nitrogens with one attached hydrogen (secondary N) is 2. The summed E-state index contributed by atoms with van der Waals surface area (Å²) in [5.74, 6) is -0.716. The number of likely N-dealkylation sites (N-methyl/N-ethyl adjacent to an activating group) is 1. The highest BCUT2D eigenvalue weighted by atomic mass is 16.6. The van der Waals surface area contributed by atoms with Crippen LogP contribution in [-0.2, 0) is 14.3 Å². The molecule has 0 aliphatic rings. The molecular weight excluding hydrogens is 430 g/mol. The van der Waals surface area contributed by atoms with Crippen LogP contribution >= 0.6 is 0 Å². The third-order valence-corrected chi connectivity index (χ3v) is 6.09. The second kappa shape index (κ2) is 12.8. The molecule has 192 valence electrons. The lowest BCUT2D eigenvalue weighted by Crippen LogP contribution is -2.54. The molecule has 0 aliphatic heterocycles. The summed E-state index contributed by atoms with van der Waals surface area (Å²) >= 11 is 0. The topological polar surface area (TPSA) is 87.7 Å². The first-order chi connectivity index (χ1) is 15.7. The van der Waals surface area contributed by atoms with Crippen LogP contribution in [0.3, 0.4) is 0 Å². The van der Waals surface area contributed by atoms with Crippen LogP contribution in [-0.4, -0.2) is 47.5 Å². The van der Waals surface area contributed by atoms with Crippen LogP contribution in [0.5, 0.6) is 0 Å². The van der Waals surface area contributed by atoms with E-state index in [0.717, 1.165) is 29.5 Å². The lowest BCUT2D eigenvalue weighted by atomic mass is 9.95.